The van der Waals surface area contributed by atoms with Crippen molar-refractivity contribution in [2.45, 2.75) is 31.7 Å². The molecule has 1 amide bonds. The summed E-state index contributed by atoms with van der Waals surface area (Å²) in [5.41, 5.74) is -0.143. The van der Waals surface area contributed by atoms with Gasteiger partial charge in [-0.1, -0.05) is 31.2 Å². The predicted molar refractivity (Wildman–Crippen MR) is 62.8 cm³/mol. The summed E-state index contributed by atoms with van der Waals surface area (Å²) in [7, 11) is 0. The van der Waals surface area contributed by atoms with Gasteiger partial charge >= 0.3 is 0 Å². The van der Waals surface area contributed by atoms with Crippen LogP contribution < -0.4 is 0 Å². The topological polar surface area (TPSA) is 40.5 Å². The molecule has 0 bridgehead atoms. The van der Waals surface area contributed by atoms with Gasteiger partial charge in [-0.2, -0.15) is 0 Å². The second kappa shape index (κ2) is 4.42. The zero-order valence-electron chi connectivity index (χ0n) is 9.72. The number of hydrogen-bond donors (Lipinski definition) is 1. The van der Waals surface area contributed by atoms with Gasteiger partial charge in [0.25, 0.3) is 0 Å². The summed E-state index contributed by atoms with van der Waals surface area (Å²) < 4.78 is 0. The number of carbonyl (C=O) groups is 1. The van der Waals surface area contributed by atoms with Crippen molar-refractivity contribution >= 4 is 5.91 Å². The van der Waals surface area contributed by atoms with Crippen LogP contribution in [0, 0.1) is 5.92 Å². The lowest BCUT2D eigenvalue weighted by Gasteiger charge is -2.40. The molecule has 1 heterocycles. The first-order chi connectivity index (χ1) is 7.72. The number of amides is 1. The van der Waals surface area contributed by atoms with Crippen LogP contribution in [0.4, 0.5) is 0 Å². The quantitative estimate of drug-likeness (QED) is 0.784. The summed E-state index contributed by atoms with van der Waals surface area (Å²) in [5, 5.41) is 9.15. The molecule has 88 valence electrons. The van der Waals surface area contributed by atoms with Crippen molar-refractivity contribution in [1.82, 2.24) is 4.90 Å². The number of hydrogen-bond acceptors (Lipinski definition) is 2. The van der Waals surface area contributed by atoms with Crippen molar-refractivity contribution in [3.8, 4) is 0 Å². The standard InChI is InChI=1S/C13H19NO2/c1-2-13(6-4-3-5-7-13)14-9-11(10-15)8-12(14)16/h3-6,11,15H,2,7-10H2,1H3/t11-,13+/m1/s1. The van der Waals surface area contributed by atoms with Crippen molar-refractivity contribution in [1.29, 1.82) is 0 Å². The van der Waals surface area contributed by atoms with Gasteiger partial charge in [0.05, 0.1) is 5.54 Å². The molecule has 0 spiro atoms. The average molecular weight is 221 g/mol. The lowest BCUT2D eigenvalue weighted by Crippen LogP contribution is -2.48. The zero-order valence-corrected chi connectivity index (χ0v) is 9.72. The van der Waals surface area contributed by atoms with Crippen molar-refractivity contribution in [3.05, 3.63) is 24.3 Å². The fourth-order valence-electron chi connectivity index (χ4n) is 2.64. The molecule has 1 saturated heterocycles. The Morgan fingerprint density at radius 1 is 1.56 bits per heavy atom. The fourth-order valence-corrected chi connectivity index (χ4v) is 2.64. The van der Waals surface area contributed by atoms with Crippen LogP contribution in [0.1, 0.15) is 26.2 Å². The minimum absolute atomic E-state index is 0.113. The molecule has 2 aliphatic rings. The van der Waals surface area contributed by atoms with Crippen molar-refractivity contribution in [3.63, 3.8) is 0 Å². The highest BCUT2D eigenvalue weighted by Gasteiger charge is 2.41. The van der Waals surface area contributed by atoms with Gasteiger partial charge in [0.1, 0.15) is 0 Å². The summed E-state index contributed by atoms with van der Waals surface area (Å²) in [6, 6.07) is 0. The molecule has 1 fully saturated rings. The Morgan fingerprint density at radius 3 is 2.88 bits per heavy atom. The maximum absolute atomic E-state index is 12.0. The van der Waals surface area contributed by atoms with Crippen LogP contribution in [0.2, 0.25) is 0 Å². The zero-order chi connectivity index (χ0) is 11.6. The van der Waals surface area contributed by atoms with Crippen LogP contribution in [0.15, 0.2) is 24.3 Å². The van der Waals surface area contributed by atoms with Crippen molar-refractivity contribution < 1.29 is 9.90 Å². The van der Waals surface area contributed by atoms with Crippen LogP contribution in [-0.2, 0) is 4.79 Å². The van der Waals surface area contributed by atoms with E-state index in [0.717, 1.165) is 12.8 Å². The van der Waals surface area contributed by atoms with Crippen LogP contribution in [-0.4, -0.2) is 34.6 Å². The molecule has 1 N–H and O–H groups in total. The third-order valence-electron chi connectivity index (χ3n) is 3.74. The molecule has 2 atom stereocenters. The molecule has 0 aromatic carbocycles. The third-order valence-corrected chi connectivity index (χ3v) is 3.74. The van der Waals surface area contributed by atoms with E-state index in [1.54, 1.807) is 0 Å². The molecule has 0 radical (unpaired) electrons. The highest BCUT2D eigenvalue weighted by atomic mass is 16.3. The molecule has 3 nitrogen and oxygen atoms in total. The number of allylic oxidation sites excluding steroid dienone is 2. The summed E-state index contributed by atoms with van der Waals surface area (Å²) in [5.74, 6) is 0.302. The number of aliphatic hydroxyl groups is 1. The Kier molecular flexibility index (Phi) is 3.15. The highest BCUT2D eigenvalue weighted by molar-refractivity contribution is 5.80. The predicted octanol–water partition coefficient (Wildman–Crippen LogP) is 1.49. The molecule has 1 aliphatic heterocycles. The number of carbonyl (C=O) groups excluding carboxylic acids is 1. The Balaban J connectivity index is 2.19. The van der Waals surface area contributed by atoms with Gasteiger partial charge in [0.15, 0.2) is 0 Å². The van der Waals surface area contributed by atoms with E-state index in [1.807, 2.05) is 17.1 Å². The summed E-state index contributed by atoms with van der Waals surface area (Å²) >= 11 is 0. The van der Waals surface area contributed by atoms with E-state index >= 15 is 0 Å². The lowest BCUT2D eigenvalue weighted by atomic mass is 9.87. The normalized spacial score (nSPS) is 33.8. The Hall–Kier alpha value is -1.09. The number of rotatable bonds is 3. The Labute approximate surface area is 96.4 Å². The second-order valence-electron chi connectivity index (χ2n) is 4.71. The van der Waals surface area contributed by atoms with Crippen LogP contribution >= 0.6 is 0 Å². The van der Waals surface area contributed by atoms with E-state index in [2.05, 4.69) is 19.1 Å². The number of likely N-dealkylation sites (tertiary alicyclic amines) is 1. The first kappa shape index (κ1) is 11.4. The average Bonchev–Trinajstić information content (AvgIpc) is 2.72. The SMILES string of the molecule is CC[C@]1(N2C[C@H](CO)CC2=O)C=CC=CC1. The van der Waals surface area contributed by atoms with E-state index in [0.29, 0.717) is 13.0 Å². The first-order valence-electron chi connectivity index (χ1n) is 5.97. The Morgan fingerprint density at radius 2 is 2.38 bits per heavy atom. The van der Waals surface area contributed by atoms with Gasteiger partial charge in [0.2, 0.25) is 5.91 Å². The van der Waals surface area contributed by atoms with E-state index in [9.17, 15) is 4.79 Å². The largest absolute Gasteiger partial charge is 0.396 e. The molecule has 1 aliphatic carbocycles. The molecule has 3 heteroatoms. The highest BCUT2D eigenvalue weighted by Crippen LogP contribution is 2.34. The molecule has 0 aromatic rings. The van der Waals surface area contributed by atoms with Gasteiger partial charge < -0.3 is 10.0 Å². The fraction of sp³-hybridized carbons (Fsp3) is 0.615. The molecule has 16 heavy (non-hydrogen) atoms. The lowest BCUT2D eigenvalue weighted by molar-refractivity contribution is -0.131. The van der Waals surface area contributed by atoms with Crippen molar-refractivity contribution in [2.75, 3.05) is 13.2 Å². The van der Waals surface area contributed by atoms with Crippen LogP contribution in [0.25, 0.3) is 0 Å². The van der Waals surface area contributed by atoms with Crippen LogP contribution in [0.3, 0.4) is 0 Å². The molecule has 0 unspecified atom stereocenters. The van der Waals surface area contributed by atoms with Crippen molar-refractivity contribution in [2.24, 2.45) is 5.92 Å². The van der Waals surface area contributed by atoms with E-state index in [-0.39, 0.29) is 24.0 Å². The number of nitrogens with zero attached hydrogens (tertiary/aromatic N) is 1. The van der Waals surface area contributed by atoms with Gasteiger partial charge in [-0.15, -0.1) is 0 Å². The number of aliphatic hydroxyl groups excluding tert-OH is 1. The van der Waals surface area contributed by atoms with Gasteiger partial charge in [0, 0.05) is 25.5 Å². The van der Waals surface area contributed by atoms with Gasteiger partial charge in [-0.3, -0.25) is 4.79 Å². The van der Waals surface area contributed by atoms with E-state index in [4.69, 9.17) is 5.11 Å². The summed E-state index contributed by atoms with van der Waals surface area (Å²) in [6.07, 6.45) is 10.6. The first-order valence-corrected chi connectivity index (χ1v) is 5.97. The van der Waals surface area contributed by atoms with E-state index < -0.39 is 0 Å². The molecule has 0 saturated carbocycles. The second-order valence-corrected chi connectivity index (χ2v) is 4.71. The molecule has 0 aromatic heterocycles. The molecule has 2 rings (SSSR count). The maximum Gasteiger partial charge on any atom is 0.223 e. The molecular weight excluding hydrogens is 202 g/mol. The Bertz CT molecular complexity index is 335. The minimum Gasteiger partial charge on any atom is -0.396 e. The minimum atomic E-state index is -0.143. The van der Waals surface area contributed by atoms with Gasteiger partial charge in [-0.05, 0) is 12.8 Å². The summed E-state index contributed by atoms with van der Waals surface area (Å²) in [4.78, 5) is 13.9. The van der Waals surface area contributed by atoms with E-state index in [1.165, 1.54) is 0 Å². The monoisotopic (exact) mass is 221 g/mol. The smallest absolute Gasteiger partial charge is 0.223 e. The maximum atomic E-state index is 12.0. The van der Waals surface area contributed by atoms with Gasteiger partial charge in [-0.25, -0.2) is 0 Å². The summed E-state index contributed by atoms with van der Waals surface area (Å²) in [6.45, 7) is 2.92. The third kappa shape index (κ3) is 1.80. The molecular formula is C13H19NO2. The van der Waals surface area contributed by atoms with Crippen LogP contribution in [0.5, 0.6) is 0 Å².